The van der Waals surface area contributed by atoms with Gasteiger partial charge >= 0.3 is 0 Å². The number of hydrogen-bond acceptors (Lipinski definition) is 5. The summed E-state index contributed by atoms with van der Waals surface area (Å²) < 4.78 is 38.6. The van der Waals surface area contributed by atoms with E-state index >= 15 is 0 Å². The molecule has 0 N–H and O–H groups in total. The molecule has 0 aromatic heterocycles. The molecule has 5 nitrogen and oxygen atoms in total. The number of nitrogens with zero attached hydrogens (tertiary/aromatic N) is 1. The molecule has 2 saturated heterocycles. The molecule has 7 heteroatoms. The fourth-order valence-corrected chi connectivity index (χ4v) is 5.59. The molecule has 3 rings (SSSR count). The highest BCUT2D eigenvalue weighted by Crippen LogP contribution is 2.42. The van der Waals surface area contributed by atoms with Gasteiger partial charge in [-0.3, -0.25) is 0 Å². The molecule has 0 atom stereocenters. The van der Waals surface area contributed by atoms with E-state index < -0.39 is 10.0 Å². The van der Waals surface area contributed by atoms with Gasteiger partial charge in [-0.25, -0.2) is 8.42 Å². The molecule has 0 amide bonds. The Morgan fingerprint density at radius 3 is 2.46 bits per heavy atom. The van der Waals surface area contributed by atoms with Gasteiger partial charge in [0.15, 0.2) is 0 Å². The number of ether oxygens (including phenoxy) is 2. The van der Waals surface area contributed by atoms with Crippen LogP contribution in [0.2, 0.25) is 0 Å². The Kier molecular flexibility index (Phi) is 5.44. The standard InChI is InChI=1S/C17H25NO4S2/c1-14(2)13-21-15-3-5-16(6-4-15)24(19,20)18-9-7-17(8-10-18)22-11-12-23-17/h3-6,14H,7-13H2,1-2H3. The van der Waals surface area contributed by atoms with Crippen LogP contribution in [0.4, 0.5) is 0 Å². The highest BCUT2D eigenvalue weighted by Gasteiger charge is 2.42. The number of piperidine rings is 1. The third kappa shape index (κ3) is 3.90. The topological polar surface area (TPSA) is 55.8 Å². The summed E-state index contributed by atoms with van der Waals surface area (Å²) in [7, 11) is -3.44. The predicted molar refractivity (Wildman–Crippen MR) is 95.9 cm³/mol. The van der Waals surface area contributed by atoms with Crippen molar-refractivity contribution in [1.82, 2.24) is 4.31 Å². The summed E-state index contributed by atoms with van der Waals surface area (Å²) in [6, 6.07) is 6.74. The lowest BCUT2D eigenvalue weighted by molar-refractivity contribution is 0.0162. The molecule has 2 fully saturated rings. The van der Waals surface area contributed by atoms with Crippen LogP contribution in [0.1, 0.15) is 26.7 Å². The first-order valence-electron chi connectivity index (χ1n) is 8.42. The van der Waals surface area contributed by atoms with Gasteiger partial charge in [-0.05, 0) is 43.0 Å². The third-order valence-corrected chi connectivity index (χ3v) is 7.68. The van der Waals surface area contributed by atoms with Crippen molar-refractivity contribution in [2.24, 2.45) is 5.92 Å². The smallest absolute Gasteiger partial charge is 0.243 e. The van der Waals surface area contributed by atoms with Gasteiger partial charge in [0.25, 0.3) is 0 Å². The van der Waals surface area contributed by atoms with Crippen molar-refractivity contribution in [2.75, 3.05) is 32.1 Å². The minimum Gasteiger partial charge on any atom is -0.493 e. The van der Waals surface area contributed by atoms with Gasteiger partial charge in [0.05, 0.1) is 18.1 Å². The summed E-state index contributed by atoms with van der Waals surface area (Å²) in [6.07, 6.45) is 1.51. The summed E-state index contributed by atoms with van der Waals surface area (Å²) in [4.78, 5) is 0.177. The fraction of sp³-hybridized carbons (Fsp3) is 0.647. The molecule has 0 bridgehead atoms. The van der Waals surface area contributed by atoms with Crippen molar-refractivity contribution in [3.8, 4) is 5.75 Å². The molecule has 0 unspecified atom stereocenters. The second-order valence-corrected chi connectivity index (χ2v) is 10.1. The van der Waals surface area contributed by atoms with Gasteiger partial charge in [0.1, 0.15) is 10.7 Å². The summed E-state index contributed by atoms with van der Waals surface area (Å²) in [5.74, 6) is 2.14. The SMILES string of the molecule is CC(C)COc1ccc(S(=O)(=O)N2CCC3(CC2)OCCS3)cc1. The van der Waals surface area contributed by atoms with E-state index in [9.17, 15) is 8.42 Å². The summed E-state index contributed by atoms with van der Waals surface area (Å²) in [5.41, 5.74) is 0. The monoisotopic (exact) mass is 371 g/mol. The van der Waals surface area contributed by atoms with Crippen molar-refractivity contribution in [1.29, 1.82) is 0 Å². The Morgan fingerprint density at radius 2 is 1.92 bits per heavy atom. The molecule has 1 spiro atoms. The van der Waals surface area contributed by atoms with E-state index in [-0.39, 0.29) is 4.93 Å². The Balaban J connectivity index is 1.65. The van der Waals surface area contributed by atoms with Crippen molar-refractivity contribution >= 4 is 21.8 Å². The van der Waals surface area contributed by atoms with Crippen LogP contribution in [-0.2, 0) is 14.8 Å². The second kappa shape index (κ2) is 7.23. The third-order valence-electron chi connectivity index (χ3n) is 4.34. The van der Waals surface area contributed by atoms with Crippen LogP contribution in [0, 0.1) is 5.92 Å². The number of thioether (sulfide) groups is 1. The molecule has 1 aromatic rings. The molecule has 134 valence electrons. The van der Waals surface area contributed by atoms with Crippen LogP contribution in [0.25, 0.3) is 0 Å². The van der Waals surface area contributed by atoms with Crippen molar-refractivity contribution in [3.05, 3.63) is 24.3 Å². The molecule has 2 heterocycles. The highest BCUT2D eigenvalue weighted by molar-refractivity contribution is 8.00. The minimum atomic E-state index is -3.44. The Hall–Kier alpha value is -0.760. The van der Waals surface area contributed by atoms with Crippen molar-refractivity contribution in [2.45, 2.75) is 36.5 Å². The van der Waals surface area contributed by atoms with Gasteiger partial charge in [0.2, 0.25) is 10.0 Å². The molecule has 1 aromatic carbocycles. The number of sulfonamides is 1. The quantitative estimate of drug-likeness (QED) is 0.796. The van der Waals surface area contributed by atoms with Gasteiger partial charge in [-0.1, -0.05) is 13.8 Å². The van der Waals surface area contributed by atoms with E-state index in [4.69, 9.17) is 9.47 Å². The minimum absolute atomic E-state index is 0.152. The first kappa shape index (κ1) is 18.0. The first-order valence-corrected chi connectivity index (χ1v) is 10.8. The Morgan fingerprint density at radius 1 is 1.25 bits per heavy atom. The van der Waals surface area contributed by atoms with E-state index in [1.807, 2.05) is 11.8 Å². The largest absolute Gasteiger partial charge is 0.493 e. The van der Waals surface area contributed by atoms with Crippen LogP contribution < -0.4 is 4.74 Å². The Bertz CT molecular complexity index is 642. The molecule has 0 radical (unpaired) electrons. The van der Waals surface area contributed by atoms with Crippen LogP contribution in [-0.4, -0.2) is 49.7 Å². The normalized spacial score (nSPS) is 21.5. The lowest BCUT2D eigenvalue weighted by Crippen LogP contribution is -2.44. The van der Waals surface area contributed by atoms with Crippen LogP contribution in [0.3, 0.4) is 0 Å². The van der Waals surface area contributed by atoms with Gasteiger partial charge in [0, 0.05) is 18.8 Å². The fourth-order valence-electron chi connectivity index (χ4n) is 2.97. The van der Waals surface area contributed by atoms with Gasteiger partial charge in [-0.2, -0.15) is 4.31 Å². The molecular formula is C17H25NO4S2. The van der Waals surface area contributed by atoms with Crippen LogP contribution >= 0.6 is 11.8 Å². The van der Waals surface area contributed by atoms with Gasteiger partial charge in [-0.15, -0.1) is 11.8 Å². The van der Waals surface area contributed by atoms with Crippen LogP contribution in [0.5, 0.6) is 5.75 Å². The number of rotatable bonds is 5. The zero-order chi connectivity index (χ0) is 17.2. The maximum atomic E-state index is 12.8. The van der Waals surface area contributed by atoms with E-state index in [1.54, 1.807) is 28.6 Å². The van der Waals surface area contributed by atoms with Crippen molar-refractivity contribution in [3.63, 3.8) is 0 Å². The van der Waals surface area contributed by atoms with E-state index in [2.05, 4.69) is 13.8 Å². The highest BCUT2D eigenvalue weighted by atomic mass is 32.2. The predicted octanol–water partition coefficient (Wildman–Crippen LogP) is 2.97. The first-order chi connectivity index (χ1) is 11.4. The molecule has 2 aliphatic rings. The summed E-state index contributed by atoms with van der Waals surface area (Å²) in [5, 5.41) is 0. The lowest BCUT2D eigenvalue weighted by atomic mass is 10.1. The van der Waals surface area contributed by atoms with Crippen LogP contribution in [0.15, 0.2) is 29.2 Å². The lowest BCUT2D eigenvalue weighted by Gasteiger charge is -2.37. The van der Waals surface area contributed by atoms with E-state index in [0.29, 0.717) is 36.3 Å². The second-order valence-electron chi connectivity index (χ2n) is 6.69. The number of benzene rings is 1. The molecular weight excluding hydrogens is 346 g/mol. The molecule has 2 aliphatic heterocycles. The maximum absolute atomic E-state index is 12.8. The molecule has 0 saturated carbocycles. The average molecular weight is 372 g/mol. The number of hydrogen-bond donors (Lipinski definition) is 0. The summed E-state index contributed by atoms with van der Waals surface area (Å²) in [6.45, 7) is 6.58. The van der Waals surface area contributed by atoms with E-state index in [1.165, 1.54) is 0 Å². The van der Waals surface area contributed by atoms with Gasteiger partial charge < -0.3 is 9.47 Å². The average Bonchev–Trinajstić information content (AvgIpc) is 3.02. The van der Waals surface area contributed by atoms with E-state index in [0.717, 1.165) is 25.2 Å². The molecule has 24 heavy (non-hydrogen) atoms. The zero-order valence-corrected chi connectivity index (χ0v) is 15.9. The van der Waals surface area contributed by atoms with Crippen molar-refractivity contribution < 1.29 is 17.9 Å². The maximum Gasteiger partial charge on any atom is 0.243 e. The molecule has 0 aliphatic carbocycles. The Labute approximate surface area is 148 Å². The zero-order valence-electron chi connectivity index (χ0n) is 14.2. The summed E-state index contributed by atoms with van der Waals surface area (Å²) >= 11 is 1.82.